The van der Waals surface area contributed by atoms with Crippen LogP contribution in [0.25, 0.3) is 0 Å². The Morgan fingerprint density at radius 3 is 2.67 bits per heavy atom. The van der Waals surface area contributed by atoms with Crippen LogP contribution in [0.2, 0.25) is 5.02 Å². The van der Waals surface area contributed by atoms with Crippen molar-refractivity contribution in [3.63, 3.8) is 0 Å². The molecule has 1 amide bonds. The highest BCUT2D eigenvalue weighted by Crippen LogP contribution is 2.27. The molecular weight excluding hydrogens is 334 g/mol. The van der Waals surface area contributed by atoms with Gasteiger partial charge in [0.1, 0.15) is 0 Å². The lowest BCUT2D eigenvalue weighted by atomic mass is 10.2. The van der Waals surface area contributed by atoms with Gasteiger partial charge in [0.05, 0.1) is 15.6 Å². The van der Waals surface area contributed by atoms with Gasteiger partial charge in [0.25, 0.3) is 5.91 Å². The predicted octanol–water partition coefficient (Wildman–Crippen LogP) is 5.03. The Balaban J connectivity index is 2.23. The number of amides is 1. The Morgan fingerprint density at radius 1 is 1.33 bits per heavy atom. The molecule has 0 fully saturated rings. The van der Waals surface area contributed by atoms with E-state index in [0.29, 0.717) is 15.6 Å². The van der Waals surface area contributed by atoms with Gasteiger partial charge in [0, 0.05) is 9.35 Å². The van der Waals surface area contributed by atoms with Crippen LogP contribution in [-0.2, 0) is 0 Å². The summed E-state index contributed by atoms with van der Waals surface area (Å²) in [4.78, 5) is 13.9. The zero-order valence-corrected chi connectivity index (χ0v) is 13.0. The van der Waals surface area contributed by atoms with Crippen LogP contribution in [0.1, 0.15) is 20.1 Å². The number of carbonyl (C=O) groups is 1. The molecule has 1 aromatic heterocycles. The van der Waals surface area contributed by atoms with Crippen molar-refractivity contribution in [3.8, 4) is 0 Å². The third kappa shape index (κ3) is 2.94. The fourth-order valence-corrected chi connectivity index (χ4v) is 2.92. The molecule has 18 heavy (non-hydrogen) atoms. The van der Waals surface area contributed by atoms with Gasteiger partial charge in [-0.3, -0.25) is 4.79 Å². The van der Waals surface area contributed by atoms with E-state index in [-0.39, 0.29) is 5.91 Å². The highest BCUT2D eigenvalue weighted by atomic mass is 79.9. The maximum Gasteiger partial charge on any atom is 0.265 e. The monoisotopic (exact) mass is 343 g/mol. The lowest BCUT2D eigenvalue weighted by Gasteiger charge is -2.06. The van der Waals surface area contributed by atoms with Gasteiger partial charge in [-0.1, -0.05) is 27.5 Å². The SMILES string of the molecule is Cc1cc(C(=O)Nc2cc(Br)ccc2Cl)sc1C. The molecule has 0 atom stereocenters. The molecule has 0 spiro atoms. The first-order valence-corrected chi connectivity index (χ1v) is 7.29. The third-order valence-corrected chi connectivity index (χ3v) is 4.54. The normalized spacial score (nSPS) is 10.4. The van der Waals surface area contributed by atoms with Crippen molar-refractivity contribution in [2.45, 2.75) is 13.8 Å². The van der Waals surface area contributed by atoms with Crippen LogP contribution in [0, 0.1) is 13.8 Å². The van der Waals surface area contributed by atoms with Crippen LogP contribution in [0.15, 0.2) is 28.7 Å². The molecule has 2 rings (SSSR count). The molecule has 0 aliphatic rings. The lowest BCUT2D eigenvalue weighted by molar-refractivity contribution is 0.103. The smallest absolute Gasteiger partial charge is 0.265 e. The summed E-state index contributed by atoms with van der Waals surface area (Å²) in [6.07, 6.45) is 0. The van der Waals surface area contributed by atoms with Crippen LogP contribution in [0.5, 0.6) is 0 Å². The van der Waals surface area contributed by atoms with Crippen LogP contribution in [-0.4, -0.2) is 5.91 Å². The summed E-state index contributed by atoms with van der Waals surface area (Å²) in [6.45, 7) is 4.00. The molecule has 0 aliphatic heterocycles. The van der Waals surface area contributed by atoms with Crippen LogP contribution in [0.3, 0.4) is 0 Å². The second-order valence-corrected chi connectivity index (χ2v) is 6.51. The summed E-state index contributed by atoms with van der Waals surface area (Å²) in [5.41, 5.74) is 1.74. The fraction of sp³-hybridized carbons (Fsp3) is 0.154. The minimum atomic E-state index is -0.129. The number of nitrogens with one attached hydrogen (secondary N) is 1. The molecule has 0 aliphatic carbocycles. The second-order valence-electron chi connectivity index (χ2n) is 3.93. The number of hydrogen-bond acceptors (Lipinski definition) is 2. The highest BCUT2D eigenvalue weighted by Gasteiger charge is 2.12. The Hall–Kier alpha value is -0.840. The molecule has 0 radical (unpaired) electrons. The van der Waals surface area contributed by atoms with E-state index in [1.54, 1.807) is 12.1 Å². The van der Waals surface area contributed by atoms with E-state index in [4.69, 9.17) is 11.6 Å². The van der Waals surface area contributed by atoms with Gasteiger partial charge in [0.15, 0.2) is 0 Å². The number of aryl methyl sites for hydroxylation is 2. The first kappa shape index (κ1) is 13.6. The fourth-order valence-electron chi connectivity index (χ4n) is 1.46. The highest BCUT2D eigenvalue weighted by molar-refractivity contribution is 9.10. The zero-order valence-electron chi connectivity index (χ0n) is 9.88. The average molecular weight is 345 g/mol. The third-order valence-electron chi connectivity index (χ3n) is 2.57. The van der Waals surface area contributed by atoms with Crippen molar-refractivity contribution in [1.82, 2.24) is 0 Å². The lowest BCUT2D eigenvalue weighted by Crippen LogP contribution is -2.10. The maximum atomic E-state index is 12.1. The average Bonchev–Trinajstić information content (AvgIpc) is 2.64. The predicted molar refractivity (Wildman–Crippen MR) is 80.9 cm³/mol. The number of thiophene rings is 1. The summed E-state index contributed by atoms with van der Waals surface area (Å²) < 4.78 is 0.876. The van der Waals surface area contributed by atoms with E-state index < -0.39 is 0 Å². The Labute approximate surface area is 123 Å². The number of rotatable bonds is 2. The van der Waals surface area contributed by atoms with Crippen molar-refractivity contribution in [3.05, 3.63) is 49.1 Å². The van der Waals surface area contributed by atoms with Gasteiger partial charge in [-0.2, -0.15) is 0 Å². The molecule has 0 bridgehead atoms. The van der Waals surface area contributed by atoms with Crippen LogP contribution < -0.4 is 5.32 Å². The van der Waals surface area contributed by atoms with Crippen molar-refractivity contribution in [2.75, 3.05) is 5.32 Å². The van der Waals surface area contributed by atoms with Crippen molar-refractivity contribution >= 4 is 50.5 Å². The van der Waals surface area contributed by atoms with Gasteiger partial charge < -0.3 is 5.32 Å². The molecule has 0 saturated heterocycles. The molecule has 2 aromatic rings. The van der Waals surface area contributed by atoms with Crippen molar-refractivity contribution in [2.24, 2.45) is 0 Å². The van der Waals surface area contributed by atoms with Crippen molar-refractivity contribution in [1.29, 1.82) is 0 Å². The molecule has 1 N–H and O–H groups in total. The van der Waals surface area contributed by atoms with Gasteiger partial charge in [-0.25, -0.2) is 0 Å². The molecule has 94 valence electrons. The molecule has 5 heteroatoms. The van der Waals surface area contributed by atoms with Crippen LogP contribution >= 0.6 is 38.9 Å². The van der Waals surface area contributed by atoms with E-state index >= 15 is 0 Å². The number of hydrogen-bond donors (Lipinski definition) is 1. The van der Waals surface area contributed by atoms with E-state index in [9.17, 15) is 4.79 Å². The summed E-state index contributed by atoms with van der Waals surface area (Å²) in [5.74, 6) is -0.129. The topological polar surface area (TPSA) is 29.1 Å². The van der Waals surface area contributed by atoms with E-state index in [1.165, 1.54) is 11.3 Å². The molecule has 1 aromatic carbocycles. The second kappa shape index (κ2) is 5.43. The Morgan fingerprint density at radius 2 is 2.06 bits per heavy atom. The van der Waals surface area contributed by atoms with Crippen molar-refractivity contribution < 1.29 is 4.79 Å². The van der Waals surface area contributed by atoms with Crippen LogP contribution in [0.4, 0.5) is 5.69 Å². The van der Waals surface area contributed by atoms with E-state index in [1.807, 2.05) is 26.0 Å². The minimum Gasteiger partial charge on any atom is -0.320 e. The maximum absolute atomic E-state index is 12.1. The summed E-state index contributed by atoms with van der Waals surface area (Å²) in [5, 5.41) is 3.34. The first-order valence-electron chi connectivity index (χ1n) is 5.31. The zero-order chi connectivity index (χ0) is 13.3. The number of carbonyl (C=O) groups excluding carboxylic acids is 1. The molecule has 0 saturated carbocycles. The van der Waals surface area contributed by atoms with Gasteiger partial charge in [-0.15, -0.1) is 11.3 Å². The summed E-state index contributed by atoms with van der Waals surface area (Å²) in [7, 11) is 0. The first-order chi connectivity index (χ1) is 8.47. The molecular formula is C13H11BrClNOS. The quantitative estimate of drug-likeness (QED) is 0.813. The number of anilines is 1. The Kier molecular flexibility index (Phi) is 4.10. The number of halogens is 2. The summed E-state index contributed by atoms with van der Waals surface area (Å²) in [6, 6.07) is 7.25. The molecule has 2 nitrogen and oxygen atoms in total. The van der Waals surface area contributed by atoms with E-state index in [0.717, 1.165) is 14.9 Å². The van der Waals surface area contributed by atoms with Gasteiger partial charge in [-0.05, 0) is 43.7 Å². The molecule has 1 heterocycles. The molecule has 0 unspecified atom stereocenters. The standard InChI is InChI=1S/C13H11BrClNOS/c1-7-5-12(18-8(7)2)13(17)16-11-6-9(14)3-4-10(11)15/h3-6H,1-2H3,(H,16,17). The largest absolute Gasteiger partial charge is 0.320 e. The number of benzene rings is 1. The van der Waals surface area contributed by atoms with E-state index in [2.05, 4.69) is 21.2 Å². The van der Waals surface area contributed by atoms with Gasteiger partial charge in [0.2, 0.25) is 0 Å². The van der Waals surface area contributed by atoms with Gasteiger partial charge >= 0.3 is 0 Å². The Bertz CT molecular complexity index is 590. The summed E-state index contributed by atoms with van der Waals surface area (Å²) >= 11 is 10.9. The minimum absolute atomic E-state index is 0.129.